The van der Waals surface area contributed by atoms with Gasteiger partial charge in [-0.1, -0.05) is 0 Å². The third-order valence-corrected chi connectivity index (χ3v) is 3.42. The topological polar surface area (TPSA) is 52.0 Å². The van der Waals surface area contributed by atoms with E-state index in [1.54, 1.807) is 18.2 Å². The van der Waals surface area contributed by atoms with Crippen LogP contribution in [0.15, 0.2) is 22.6 Å². The number of nitrogens with zero attached hydrogens (tertiary/aromatic N) is 1. The smallest absolute Gasteiger partial charge is 0.248 e. The van der Waals surface area contributed by atoms with E-state index in [1.165, 1.54) is 0 Å². The van der Waals surface area contributed by atoms with Crippen LogP contribution in [0.4, 0.5) is 14.5 Å². The van der Waals surface area contributed by atoms with Gasteiger partial charge in [-0.25, -0.2) is 13.8 Å². The summed E-state index contributed by atoms with van der Waals surface area (Å²) in [7, 11) is 0. The van der Waals surface area contributed by atoms with E-state index in [1.807, 2.05) is 0 Å². The summed E-state index contributed by atoms with van der Waals surface area (Å²) >= 11 is 0. The van der Waals surface area contributed by atoms with Gasteiger partial charge in [0.25, 0.3) is 0 Å². The summed E-state index contributed by atoms with van der Waals surface area (Å²) < 4.78 is 32.3. The molecule has 96 valence electrons. The predicted octanol–water partition coefficient (Wildman–Crippen LogP) is 3.70. The van der Waals surface area contributed by atoms with Crippen LogP contribution in [-0.2, 0) is 0 Å². The molecule has 0 amide bonds. The van der Waals surface area contributed by atoms with Crippen molar-refractivity contribution >= 4 is 16.8 Å². The van der Waals surface area contributed by atoms with Crippen LogP contribution in [-0.4, -0.2) is 10.9 Å². The van der Waals surface area contributed by atoms with E-state index in [0.717, 1.165) is 0 Å². The summed E-state index contributed by atoms with van der Waals surface area (Å²) in [6, 6.07) is 5.14. The van der Waals surface area contributed by atoms with Crippen molar-refractivity contribution in [2.75, 3.05) is 5.73 Å². The summed E-state index contributed by atoms with van der Waals surface area (Å²) in [4.78, 5) is 4.28. The Morgan fingerprint density at radius 2 is 2.22 bits per heavy atom. The van der Waals surface area contributed by atoms with Crippen molar-refractivity contribution in [3.05, 3.63) is 24.1 Å². The molecular formula is C13H14F2N2O. The number of fused-ring (bicyclic) bond motifs is 1. The van der Waals surface area contributed by atoms with E-state index in [0.29, 0.717) is 35.5 Å². The second kappa shape index (κ2) is 3.93. The van der Waals surface area contributed by atoms with Gasteiger partial charge in [-0.15, -0.1) is 0 Å². The van der Waals surface area contributed by atoms with E-state index >= 15 is 0 Å². The molecule has 5 heteroatoms. The molecule has 1 heterocycles. The van der Waals surface area contributed by atoms with E-state index in [9.17, 15) is 8.78 Å². The first-order valence-corrected chi connectivity index (χ1v) is 6.07. The fourth-order valence-corrected chi connectivity index (χ4v) is 2.52. The average Bonchev–Trinajstić information content (AvgIpc) is 2.70. The molecule has 1 saturated carbocycles. The van der Waals surface area contributed by atoms with Crippen molar-refractivity contribution in [2.45, 2.75) is 37.5 Å². The number of nitrogens with two attached hydrogens (primary N) is 1. The van der Waals surface area contributed by atoms with Crippen molar-refractivity contribution in [3.63, 3.8) is 0 Å². The normalized spacial score (nSPS) is 23.3. The highest BCUT2D eigenvalue weighted by Crippen LogP contribution is 2.42. The van der Waals surface area contributed by atoms with Gasteiger partial charge in [-0.3, -0.25) is 0 Å². The van der Waals surface area contributed by atoms with Gasteiger partial charge in [0.05, 0.1) is 0 Å². The van der Waals surface area contributed by atoms with Crippen LogP contribution in [0, 0.1) is 0 Å². The molecule has 0 bridgehead atoms. The predicted molar refractivity (Wildman–Crippen MR) is 64.6 cm³/mol. The summed E-state index contributed by atoms with van der Waals surface area (Å²) in [6.07, 6.45) is 1.02. The molecule has 1 fully saturated rings. The largest absolute Gasteiger partial charge is 0.440 e. The molecule has 18 heavy (non-hydrogen) atoms. The zero-order valence-electron chi connectivity index (χ0n) is 9.83. The number of halogens is 2. The molecule has 0 saturated heterocycles. The van der Waals surface area contributed by atoms with Gasteiger partial charge in [-0.2, -0.15) is 0 Å². The van der Waals surface area contributed by atoms with Gasteiger partial charge in [0.2, 0.25) is 5.92 Å². The number of alkyl halides is 2. The minimum absolute atomic E-state index is 0.0311. The van der Waals surface area contributed by atoms with Crippen molar-refractivity contribution in [3.8, 4) is 0 Å². The molecule has 1 atom stereocenters. The Bertz CT molecular complexity index is 579. The fourth-order valence-electron chi connectivity index (χ4n) is 2.52. The molecule has 0 aliphatic heterocycles. The van der Waals surface area contributed by atoms with Crippen molar-refractivity contribution in [1.82, 2.24) is 4.98 Å². The minimum atomic E-state index is -2.59. The lowest BCUT2D eigenvalue weighted by Crippen LogP contribution is -2.25. The van der Waals surface area contributed by atoms with Crippen LogP contribution in [0.25, 0.3) is 11.1 Å². The van der Waals surface area contributed by atoms with Crippen LogP contribution < -0.4 is 5.73 Å². The number of hydrogen-bond donors (Lipinski definition) is 1. The Kier molecular flexibility index (Phi) is 2.50. The van der Waals surface area contributed by atoms with Gasteiger partial charge in [0.15, 0.2) is 11.5 Å². The Balaban J connectivity index is 1.94. The number of oxazole rings is 1. The molecule has 1 aliphatic carbocycles. The monoisotopic (exact) mass is 252 g/mol. The summed E-state index contributed by atoms with van der Waals surface area (Å²) in [5.41, 5.74) is 7.49. The van der Waals surface area contributed by atoms with Gasteiger partial charge >= 0.3 is 0 Å². The fraction of sp³-hybridized carbons (Fsp3) is 0.462. The highest BCUT2D eigenvalue weighted by molar-refractivity contribution is 5.76. The molecule has 3 nitrogen and oxygen atoms in total. The Morgan fingerprint density at radius 3 is 3.00 bits per heavy atom. The zero-order chi connectivity index (χ0) is 12.8. The summed E-state index contributed by atoms with van der Waals surface area (Å²) in [6.45, 7) is 0. The third-order valence-electron chi connectivity index (χ3n) is 3.42. The zero-order valence-corrected chi connectivity index (χ0v) is 9.83. The Labute approximate surface area is 103 Å². The molecule has 0 spiro atoms. The van der Waals surface area contributed by atoms with Gasteiger partial charge < -0.3 is 10.2 Å². The second-order valence-electron chi connectivity index (χ2n) is 4.93. The number of nitrogen functional groups attached to an aromatic ring is 1. The first-order valence-electron chi connectivity index (χ1n) is 6.07. The van der Waals surface area contributed by atoms with Crippen LogP contribution in [0.1, 0.15) is 37.5 Å². The summed E-state index contributed by atoms with van der Waals surface area (Å²) in [5.74, 6) is -2.47. The lowest BCUT2D eigenvalue weighted by molar-refractivity contribution is -0.0434. The van der Waals surface area contributed by atoms with E-state index < -0.39 is 5.92 Å². The molecular weight excluding hydrogens is 238 g/mol. The highest BCUT2D eigenvalue weighted by atomic mass is 19.3. The van der Waals surface area contributed by atoms with Crippen LogP contribution in [0.2, 0.25) is 0 Å². The van der Waals surface area contributed by atoms with Gasteiger partial charge in [0, 0.05) is 24.4 Å². The molecule has 1 aromatic carbocycles. The minimum Gasteiger partial charge on any atom is -0.440 e. The highest BCUT2D eigenvalue weighted by Gasteiger charge is 2.38. The van der Waals surface area contributed by atoms with Crippen LogP contribution in [0.5, 0.6) is 0 Å². The molecule has 1 unspecified atom stereocenters. The van der Waals surface area contributed by atoms with Crippen molar-refractivity contribution < 1.29 is 13.2 Å². The number of benzene rings is 1. The lowest BCUT2D eigenvalue weighted by atomic mass is 9.86. The Hall–Kier alpha value is -1.65. The molecule has 2 aromatic rings. The second-order valence-corrected chi connectivity index (χ2v) is 4.93. The molecule has 3 rings (SSSR count). The Morgan fingerprint density at radius 1 is 1.39 bits per heavy atom. The van der Waals surface area contributed by atoms with E-state index in [-0.39, 0.29) is 18.8 Å². The van der Waals surface area contributed by atoms with Gasteiger partial charge in [0.1, 0.15) is 5.52 Å². The maximum atomic E-state index is 13.4. The standard InChI is InChI=1S/C13H14F2N2O/c14-13(15)5-1-2-8(7-13)12-17-10-6-9(16)3-4-11(10)18-12/h3-4,6,8H,1-2,5,7,16H2. The van der Waals surface area contributed by atoms with E-state index in [4.69, 9.17) is 10.2 Å². The first-order chi connectivity index (χ1) is 8.53. The molecule has 0 radical (unpaired) electrons. The van der Waals surface area contributed by atoms with Crippen molar-refractivity contribution in [1.29, 1.82) is 0 Å². The first kappa shape index (κ1) is 11.4. The van der Waals surface area contributed by atoms with E-state index in [2.05, 4.69) is 4.98 Å². The number of rotatable bonds is 1. The SMILES string of the molecule is Nc1ccc2oc(C3CCCC(F)(F)C3)nc2c1. The van der Waals surface area contributed by atoms with Crippen molar-refractivity contribution in [2.24, 2.45) is 0 Å². The number of anilines is 1. The molecule has 2 N–H and O–H groups in total. The number of hydrogen-bond acceptors (Lipinski definition) is 3. The van der Waals surface area contributed by atoms with Crippen LogP contribution >= 0.6 is 0 Å². The average molecular weight is 252 g/mol. The van der Waals surface area contributed by atoms with Crippen LogP contribution in [0.3, 0.4) is 0 Å². The number of aromatic nitrogens is 1. The summed E-state index contributed by atoms with van der Waals surface area (Å²) in [5, 5.41) is 0. The maximum absolute atomic E-state index is 13.4. The van der Waals surface area contributed by atoms with Gasteiger partial charge in [-0.05, 0) is 31.0 Å². The maximum Gasteiger partial charge on any atom is 0.248 e. The third kappa shape index (κ3) is 2.05. The lowest BCUT2D eigenvalue weighted by Gasteiger charge is -2.26. The molecule has 1 aromatic heterocycles. The quantitative estimate of drug-likeness (QED) is 0.787. The molecule has 1 aliphatic rings.